The van der Waals surface area contributed by atoms with E-state index in [1.54, 1.807) is 23.2 Å². The highest BCUT2D eigenvalue weighted by Gasteiger charge is 2.37. The standard InChI is InChI=1S/C18H15ClF2N4O3S/c19-14-2-1-8-22-17(14)25-9-7-13-15(10-25)29(26,27)24-16(13)23-11-3-5-12(6-4-11)28-18(20)21/h1-6,8,18H,7,9-10H2,(H,23,24). The van der Waals surface area contributed by atoms with Crippen LogP contribution in [0.3, 0.4) is 0 Å². The van der Waals surface area contributed by atoms with E-state index in [0.717, 1.165) is 0 Å². The van der Waals surface area contributed by atoms with Gasteiger partial charge in [0.1, 0.15) is 17.4 Å². The fourth-order valence-corrected chi connectivity index (χ4v) is 4.77. The summed E-state index contributed by atoms with van der Waals surface area (Å²) in [6.07, 6.45) is 2.03. The van der Waals surface area contributed by atoms with Gasteiger partial charge >= 0.3 is 6.61 Å². The Hall–Kier alpha value is -2.72. The zero-order chi connectivity index (χ0) is 20.6. The molecule has 0 fully saturated rings. The number of benzene rings is 1. The minimum atomic E-state index is -3.83. The first-order valence-corrected chi connectivity index (χ1v) is 10.4. The van der Waals surface area contributed by atoms with Crippen LogP contribution >= 0.6 is 11.6 Å². The maximum absolute atomic E-state index is 12.6. The Kier molecular flexibility index (Phi) is 5.13. The Labute approximate surface area is 170 Å². The molecule has 0 spiro atoms. The van der Waals surface area contributed by atoms with Crippen molar-refractivity contribution in [2.75, 3.05) is 23.3 Å². The van der Waals surface area contributed by atoms with Crippen LogP contribution in [0.5, 0.6) is 5.75 Å². The first kappa shape index (κ1) is 19.6. The number of hydrogen-bond donors (Lipinski definition) is 1. The molecule has 7 nitrogen and oxygen atoms in total. The number of hydrogen-bond acceptors (Lipinski definition) is 6. The Morgan fingerprint density at radius 3 is 2.66 bits per heavy atom. The number of nitrogens with one attached hydrogen (secondary N) is 1. The average Bonchev–Trinajstić information content (AvgIpc) is 2.93. The van der Waals surface area contributed by atoms with Crippen molar-refractivity contribution in [2.45, 2.75) is 13.0 Å². The molecule has 0 aliphatic carbocycles. The zero-order valence-corrected chi connectivity index (χ0v) is 16.4. The van der Waals surface area contributed by atoms with Gasteiger partial charge in [0.25, 0.3) is 10.0 Å². The molecule has 29 heavy (non-hydrogen) atoms. The lowest BCUT2D eigenvalue weighted by Gasteiger charge is -2.29. The van der Waals surface area contributed by atoms with Crippen LogP contribution in [0.25, 0.3) is 0 Å². The predicted molar refractivity (Wildman–Crippen MR) is 106 cm³/mol. The van der Waals surface area contributed by atoms with E-state index in [2.05, 4.69) is 19.4 Å². The quantitative estimate of drug-likeness (QED) is 0.781. The van der Waals surface area contributed by atoms with Crippen LogP contribution in [0.1, 0.15) is 6.42 Å². The number of pyridine rings is 1. The van der Waals surface area contributed by atoms with Crippen molar-refractivity contribution in [3.05, 3.63) is 58.1 Å². The maximum atomic E-state index is 12.6. The SMILES string of the molecule is O=S1(=O)N=C(Nc2ccc(OC(F)F)cc2)C2=C1CN(c1ncccc1Cl)CC2. The molecular formula is C18H15ClF2N4O3S. The highest BCUT2D eigenvalue weighted by Crippen LogP contribution is 2.34. The van der Waals surface area contributed by atoms with Crippen LogP contribution < -0.4 is 15.0 Å². The number of alkyl halides is 2. The lowest BCUT2D eigenvalue weighted by molar-refractivity contribution is -0.0498. The van der Waals surface area contributed by atoms with E-state index in [9.17, 15) is 17.2 Å². The Morgan fingerprint density at radius 1 is 1.21 bits per heavy atom. The first-order chi connectivity index (χ1) is 13.8. The molecule has 152 valence electrons. The molecule has 0 atom stereocenters. The molecule has 1 aromatic carbocycles. The molecule has 2 aromatic rings. The smallest absolute Gasteiger partial charge is 0.387 e. The predicted octanol–water partition coefficient (Wildman–Crippen LogP) is 3.65. The molecule has 0 bridgehead atoms. The van der Waals surface area contributed by atoms with Gasteiger partial charge in [-0.05, 0) is 42.8 Å². The highest BCUT2D eigenvalue weighted by atomic mass is 35.5. The molecule has 0 saturated heterocycles. The van der Waals surface area contributed by atoms with Crippen LogP contribution in [0.15, 0.2) is 57.5 Å². The summed E-state index contributed by atoms with van der Waals surface area (Å²) in [5, 5.41) is 3.39. The molecule has 2 aliphatic heterocycles. The van der Waals surface area contributed by atoms with Crippen molar-refractivity contribution in [1.82, 2.24) is 4.98 Å². The molecule has 1 N–H and O–H groups in total. The van der Waals surface area contributed by atoms with Gasteiger partial charge in [-0.2, -0.15) is 17.2 Å². The lowest BCUT2D eigenvalue weighted by Crippen LogP contribution is -2.34. The number of amidine groups is 1. The molecule has 0 saturated carbocycles. The second-order valence-electron chi connectivity index (χ2n) is 6.32. The van der Waals surface area contributed by atoms with Crippen molar-refractivity contribution < 1.29 is 21.9 Å². The van der Waals surface area contributed by atoms with E-state index < -0.39 is 16.6 Å². The van der Waals surface area contributed by atoms with Crippen molar-refractivity contribution in [1.29, 1.82) is 0 Å². The molecular weight excluding hydrogens is 426 g/mol. The van der Waals surface area contributed by atoms with Crippen molar-refractivity contribution in [3.63, 3.8) is 0 Å². The minimum absolute atomic E-state index is 0.00647. The number of aromatic nitrogens is 1. The van der Waals surface area contributed by atoms with Gasteiger partial charge in [0, 0.05) is 24.0 Å². The van der Waals surface area contributed by atoms with Gasteiger partial charge < -0.3 is 15.0 Å². The van der Waals surface area contributed by atoms with Crippen LogP contribution in [-0.4, -0.2) is 38.9 Å². The van der Waals surface area contributed by atoms with Crippen molar-refractivity contribution in [3.8, 4) is 5.75 Å². The molecule has 2 aliphatic rings. The number of rotatable bonds is 4. The maximum Gasteiger partial charge on any atom is 0.387 e. The molecule has 4 rings (SSSR count). The van der Waals surface area contributed by atoms with E-state index in [0.29, 0.717) is 35.1 Å². The molecule has 1 aromatic heterocycles. The Balaban J connectivity index is 1.55. The summed E-state index contributed by atoms with van der Waals surface area (Å²) in [5.41, 5.74) is 1.10. The second kappa shape index (κ2) is 7.60. The summed E-state index contributed by atoms with van der Waals surface area (Å²) in [7, 11) is -3.83. The summed E-state index contributed by atoms with van der Waals surface area (Å²) >= 11 is 6.18. The van der Waals surface area contributed by atoms with Crippen molar-refractivity contribution in [2.24, 2.45) is 4.40 Å². The molecule has 0 radical (unpaired) electrons. The van der Waals surface area contributed by atoms with Gasteiger partial charge in [0.05, 0.1) is 16.5 Å². The highest BCUT2D eigenvalue weighted by molar-refractivity contribution is 7.94. The lowest BCUT2D eigenvalue weighted by atomic mass is 10.1. The summed E-state index contributed by atoms with van der Waals surface area (Å²) in [6.45, 7) is -2.28. The Bertz CT molecular complexity index is 1100. The van der Waals surface area contributed by atoms with Gasteiger partial charge in [0.2, 0.25) is 0 Å². The Morgan fingerprint density at radius 2 is 1.97 bits per heavy atom. The van der Waals surface area contributed by atoms with Gasteiger partial charge in [-0.15, -0.1) is 4.40 Å². The number of nitrogens with zero attached hydrogens (tertiary/aromatic N) is 3. The largest absolute Gasteiger partial charge is 0.435 e. The third-order valence-corrected chi connectivity index (χ3v) is 6.21. The van der Waals surface area contributed by atoms with E-state index in [1.807, 2.05) is 0 Å². The van der Waals surface area contributed by atoms with Crippen LogP contribution in [0.4, 0.5) is 20.3 Å². The van der Waals surface area contributed by atoms with E-state index in [4.69, 9.17) is 11.6 Å². The van der Waals surface area contributed by atoms with Gasteiger partial charge in [0.15, 0.2) is 0 Å². The fraction of sp³-hybridized carbons (Fsp3) is 0.222. The van der Waals surface area contributed by atoms with Crippen LogP contribution in [-0.2, 0) is 10.0 Å². The summed E-state index contributed by atoms with van der Waals surface area (Å²) in [6, 6.07) is 9.14. The molecule has 11 heteroatoms. The second-order valence-corrected chi connectivity index (χ2v) is 8.36. The number of ether oxygens (including phenoxy) is 1. The van der Waals surface area contributed by atoms with Crippen LogP contribution in [0, 0.1) is 0 Å². The van der Waals surface area contributed by atoms with Crippen molar-refractivity contribution >= 4 is 39.0 Å². The van der Waals surface area contributed by atoms with E-state index >= 15 is 0 Å². The summed E-state index contributed by atoms with van der Waals surface area (Å²) in [5.74, 6) is 0.758. The molecule has 3 heterocycles. The fourth-order valence-electron chi connectivity index (χ4n) is 3.20. The van der Waals surface area contributed by atoms with E-state index in [-0.39, 0.29) is 23.0 Å². The summed E-state index contributed by atoms with van der Waals surface area (Å²) in [4.78, 5) is 6.24. The monoisotopic (exact) mass is 440 g/mol. The van der Waals surface area contributed by atoms with E-state index in [1.165, 1.54) is 24.3 Å². The molecule has 0 unspecified atom stereocenters. The number of anilines is 2. The number of sulfonamides is 1. The van der Waals surface area contributed by atoms with Gasteiger partial charge in [-0.1, -0.05) is 11.6 Å². The minimum Gasteiger partial charge on any atom is -0.435 e. The normalized spacial score (nSPS) is 17.9. The third-order valence-electron chi connectivity index (χ3n) is 4.49. The third kappa shape index (κ3) is 4.03. The van der Waals surface area contributed by atoms with Gasteiger partial charge in [-0.3, -0.25) is 0 Å². The molecule has 0 amide bonds. The van der Waals surface area contributed by atoms with Gasteiger partial charge in [-0.25, -0.2) is 4.98 Å². The number of halogens is 3. The first-order valence-electron chi connectivity index (χ1n) is 8.58. The topological polar surface area (TPSA) is 83.9 Å². The van der Waals surface area contributed by atoms with Crippen LogP contribution in [0.2, 0.25) is 5.02 Å². The summed E-state index contributed by atoms with van der Waals surface area (Å²) < 4.78 is 57.8. The zero-order valence-electron chi connectivity index (χ0n) is 14.8. The average molecular weight is 441 g/mol.